The zero-order chi connectivity index (χ0) is 12.4. The zero-order valence-electron chi connectivity index (χ0n) is 10.8. The lowest BCUT2D eigenvalue weighted by Crippen LogP contribution is -2.38. The van der Waals surface area contributed by atoms with Gasteiger partial charge in [0.05, 0.1) is 0 Å². The average Bonchev–Trinajstić information content (AvgIpc) is 2.92. The van der Waals surface area contributed by atoms with Crippen molar-refractivity contribution in [3.05, 3.63) is 22.9 Å². The molecule has 2 aliphatic rings. The van der Waals surface area contributed by atoms with Crippen LogP contribution in [0, 0.1) is 0 Å². The molecule has 5 nitrogen and oxygen atoms in total. The van der Waals surface area contributed by atoms with E-state index in [1.54, 1.807) is 10.8 Å². The second kappa shape index (κ2) is 5.28. The number of rotatable bonds is 3. The number of hydrogen-bond acceptors (Lipinski definition) is 3. The highest BCUT2D eigenvalue weighted by Gasteiger charge is 2.28. The maximum atomic E-state index is 11.4. The fraction of sp³-hybridized carbons (Fsp3) is 0.769. The van der Waals surface area contributed by atoms with Crippen LogP contribution in [0.25, 0.3) is 0 Å². The Balaban J connectivity index is 1.56. The number of fused-ring (bicyclic) bond motifs is 1. The molecule has 0 aromatic carbocycles. The Morgan fingerprint density at radius 2 is 2.11 bits per heavy atom. The Bertz CT molecular complexity index is 438. The van der Waals surface area contributed by atoms with Crippen molar-refractivity contribution in [2.24, 2.45) is 0 Å². The summed E-state index contributed by atoms with van der Waals surface area (Å²) in [6.07, 6.45) is 7.51. The van der Waals surface area contributed by atoms with Crippen molar-refractivity contribution in [1.29, 1.82) is 0 Å². The molecule has 1 aromatic rings. The molecule has 2 fully saturated rings. The standard InChI is InChI=1S/C13H22N4O/c18-13-14-4-8-17(13)10-9-15-5-2-7-16-6-1-3-12(16)11-15/h4,8,12H,1-3,5-7,9-11H2,(H,14,18)/t12-/m0/s1. The van der Waals surface area contributed by atoms with E-state index in [2.05, 4.69) is 14.8 Å². The third kappa shape index (κ3) is 2.52. The number of aromatic amines is 1. The van der Waals surface area contributed by atoms with Crippen LogP contribution in [0.1, 0.15) is 19.3 Å². The lowest BCUT2D eigenvalue weighted by Gasteiger charge is -2.25. The summed E-state index contributed by atoms with van der Waals surface area (Å²) in [4.78, 5) is 19.3. The highest BCUT2D eigenvalue weighted by molar-refractivity contribution is 4.85. The van der Waals surface area contributed by atoms with E-state index < -0.39 is 0 Å². The molecule has 0 unspecified atom stereocenters. The monoisotopic (exact) mass is 250 g/mol. The molecule has 0 amide bonds. The molecule has 0 bridgehead atoms. The lowest BCUT2D eigenvalue weighted by atomic mass is 10.2. The summed E-state index contributed by atoms with van der Waals surface area (Å²) in [5.41, 5.74) is 0.00677. The number of hydrogen-bond donors (Lipinski definition) is 1. The molecule has 2 saturated heterocycles. The maximum Gasteiger partial charge on any atom is 0.325 e. The molecular formula is C13H22N4O. The zero-order valence-corrected chi connectivity index (χ0v) is 10.8. The van der Waals surface area contributed by atoms with Crippen LogP contribution in [0.5, 0.6) is 0 Å². The number of imidazole rings is 1. The average molecular weight is 250 g/mol. The summed E-state index contributed by atoms with van der Waals surface area (Å²) in [5, 5.41) is 0. The van der Waals surface area contributed by atoms with Gasteiger partial charge in [0, 0.05) is 38.1 Å². The van der Waals surface area contributed by atoms with Crippen LogP contribution in [-0.2, 0) is 6.54 Å². The van der Waals surface area contributed by atoms with Crippen molar-refractivity contribution in [3.63, 3.8) is 0 Å². The molecule has 0 aliphatic carbocycles. The molecule has 1 N–H and O–H groups in total. The third-order valence-electron chi connectivity index (χ3n) is 4.27. The van der Waals surface area contributed by atoms with Crippen molar-refractivity contribution in [2.75, 3.05) is 32.7 Å². The van der Waals surface area contributed by atoms with E-state index in [4.69, 9.17) is 0 Å². The SMILES string of the molecule is O=c1[nH]ccn1CCN1CCCN2CCC[C@H]2C1. The molecular weight excluding hydrogens is 228 g/mol. The number of H-pyrrole nitrogens is 1. The molecule has 18 heavy (non-hydrogen) atoms. The Morgan fingerprint density at radius 3 is 2.94 bits per heavy atom. The topological polar surface area (TPSA) is 44.3 Å². The van der Waals surface area contributed by atoms with E-state index >= 15 is 0 Å². The smallest absolute Gasteiger partial charge is 0.313 e. The first-order chi connectivity index (χ1) is 8.83. The molecule has 100 valence electrons. The Kier molecular flexibility index (Phi) is 3.52. The highest BCUT2D eigenvalue weighted by atomic mass is 16.1. The van der Waals surface area contributed by atoms with Crippen molar-refractivity contribution in [2.45, 2.75) is 31.8 Å². The Morgan fingerprint density at radius 1 is 1.22 bits per heavy atom. The molecule has 1 atom stereocenters. The van der Waals surface area contributed by atoms with E-state index in [0.29, 0.717) is 0 Å². The molecule has 1 aromatic heterocycles. The first-order valence-electron chi connectivity index (χ1n) is 7.03. The van der Waals surface area contributed by atoms with Gasteiger partial charge in [-0.2, -0.15) is 0 Å². The van der Waals surface area contributed by atoms with E-state index in [0.717, 1.165) is 19.1 Å². The Labute approximate surface area is 107 Å². The van der Waals surface area contributed by atoms with E-state index in [1.807, 2.05) is 6.20 Å². The van der Waals surface area contributed by atoms with Gasteiger partial charge in [-0.25, -0.2) is 4.79 Å². The second-order valence-electron chi connectivity index (χ2n) is 5.44. The molecule has 2 aliphatic heterocycles. The number of nitrogens with zero attached hydrogens (tertiary/aromatic N) is 3. The fourth-order valence-corrected chi connectivity index (χ4v) is 3.26. The maximum absolute atomic E-state index is 11.4. The molecule has 0 spiro atoms. The van der Waals surface area contributed by atoms with Crippen LogP contribution in [0.15, 0.2) is 17.2 Å². The minimum atomic E-state index is 0.00677. The van der Waals surface area contributed by atoms with Crippen LogP contribution < -0.4 is 5.69 Å². The van der Waals surface area contributed by atoms with Gasteiger partial charge in [0.25, 0.3) is 0 Å². The van der Waals surface area contributed by atoms with Gasteiger partial charge in [-0.05, 0) is 38.9 Å². The van der Waals surface area contributed by atoms with Crippen molar-refractivity contribution >= 4 is 0 Å². The van der Waals surface area contributed by atoms with E-state index in [1.165, 1.54) is 45.4 Å². The van der Waals surface area contributed by atoms with Crippen molar-refractivity contribution in [3.8, 4) is 0 Å². The molecule has 0 radical (unpaired) electrons. The molecule has 5 heteroatoms. The number of aromatic nitrogens is 2. The van der Waals surface area contributed by atoms with Crippen LogP contribution >= 0.6 is 0 Å². The third-order valence-corrected chi connectivity index (χ3v) is 4.27. The van der Waals surface area contributed by atoms with Gasteiger partial charge in [-0.3, -0.25) is 14.4 Å². The molecule has 3 heterocycles. The van der Waals surface area contributed by atoms with Crippen LogP contribution in [0.3, 0.4) is 0 Å². The minimum absolute atomic E-state index is 0.00677. The van der Waals surface area contributed by atoms with Crippen LogP contribution in [0.4, 0.5) is 0 Å². The fourth-order valence-electron chi connectivity index (χ4n) is 3.26. The first-order valence-corrected chi connectivity index (χ1v) is 7.03. The van der Waals surface area contributed by atoms with Gasteiger partial charge in [0.2, 0.25) is 0 Å². The predicted molar refractivity (Wildman–Crippen MR) is 70.7 cm³/mol. The van der Waals surface area contributed by atoms with E-state index in [9.17, 15) is 4.79 Å². The van der Waals surface area contributed by atoms with Crippen molar-refractivity contribution < 1.29 is 0 Å². The lowest BCUT2D eigenvalue weighted by molar-refractivity contribution is 0.215. The van der Waals surface area contributed by atoms with Crippen LogP contribution in [0.2, 0.25) is 0 Å². The molecule has 3 rings (SSSR count). The minimum Gasteiger partial charge on any atom is -0.313 e. The van der Waals surface area contributed by atoms with Gasteiger partial charge < -0.3 is 4.98 Å². The summed E-state index contributed by atoms with van der Waals surface area (Å²) in [6.45, 7) is 6.68. The quantitative estimate of drug-likeness (QED) is 0.842. The van der Waals surface area contributed by atoms with Gasteiger partial charge in [0.1, 0.15) is 0 Å². The Hall–Kier alpha value is -1.07. The molecule has 0 saturated carbocycles. The van der Waals surface area contributed by atoms with Gasteiger partial charge >= 0.3 is 5.69 Å². The summed E-state index contributed by atoms with van der Waals surface area (Å²) < 4.78 is 1.76. The summed E-state index contributed by atoms with van der Waals surface area (Å²) in [7, 11) is 0. The first kappa shape index (κ1) is 12.0. The highest BCUT2D eigenvalue weighted by Crippen LogP contribution is 2.21. The number of nitrogens with one attached hydrogen (secondary N) is 1. The normalized spacial score (nSPS) is 26.1. The largest absolute Gasteiger partial charge is 0.325 e. The van der Waals surface area contributed by atoms with Gasteiger partial charge in [-0.1, -0.05) is 0 Å². The van der Waals surface area contributed by atoms with Gasteiger partial charge in [-0.15, -0.1) is 0 Å². The van der Waals surface area contributed by atoms with E-state index in [-0.39, 0.29) is 5.69 Å². The summed E-state index contributed by atoms with van der Waals surface area (Å²) >= 11 is 0. The predicted octanol–water partition coefficient (Wildman–Crippen LogP) is 0.346. The second-order valence-corrected chi connectivity index (χ2v) is 5.44. The summed E-state index contributed by atoms with van der Waals surface area (Å²) in [5.74, 6) is 0. The van der Waals surface area contributed by atoms with Crippen molar-refractivity contribution in [1.82, 2.24) is 19.4 Å². The summed E-state index contributed by atoms with van der Waals surface area (Å²) in [6, 6.07) is 0.760. The van der Waals surface area contributed by atoms with Crippen LogP contribution in [-0.4, -0.2) is 58.1 Å². The van der Waals surface area contributed by atoms with Gasteiger partial charge in [0.15, 0.2) is 0 Å².